The largest absolute Gasteiger partial charge is 0.490 e. The van der Waals surface area contributed by atoms with E-state index in [1.807, 2.05) is 48.7 Å². The molecule has 1 saturated carbocycles. The number of nitrogen functional groups attached to an aromatic ring is 1. The number of primary amides is 1. The number of anilines is 4. The van der Waals surface area contributed by atoms with Crippen LogP contribution in [0.4, 0.5) is 40.8 Å². The van der Waals surface area contributed by atoms with Gasteiger partial charge in [0, 0.05) is 93.1 Å². The van der Waals surface area contributed by atoms with Crippen molar-refractivity contribution >= 4 is 52.7 Å². The number of nitrogens with one attached hydrogen (secondary N) is 4. The Labute approximate surface area is 419 Å². The maximum absolute atomic E-state index is 13.4. The maximum atomic E-state index is 13.4. The Morgan fingerprint density at radius 1 is 0.973 bits per heavy atom. The zero-order valence-electron chi connectivity index (χ0n) is 40.3. The van der Waals surface area contributed by atoms with Crippen LogP contribution in [0, 0.1) is 5.41 Å². The fraction of sp³-hybridized carbons (Fsp3) is 0.469. The van der Waals surface area contributed by atoms with E-state index in [0.29, 0.717) is 54.3 Å². The minimum Gasteiger partial charge on any atom is -0.488 e. The van der Waals surface area contributed by atoms with Crippen molar-refractivity contribution in [3.05, 3.63) is 78.5 Å². The van der Waals surface area contributed by atoms with Crippen molar-refractivity contribution in [2.24, 2.45) is 11.1 Å². The molecule has 21 nitrogen and oxygen atoms in total. The zero-order chi connectivity index (χ0) is 52.3. The fourth-order valence-electron chi connectivity index (χ4n) is 9.45. The summed E-state index contributed by atoms with van der Waals surface area (Å²) in [6.45, 7) is 8.65. The summed E-state index contributed by atoms with van der Waals surface area (Å²) in [7, 11) is 0. The third kappa shape index (κ3) is 13.5. The number of carboxylic acid groups (broad SMARTS) is 2. The summed E-state index contributed by atoms with van der Waals surface area (Å²) in [5, 5.41) is 37.2. The molecule has 392 valence electrons. The van der Waals surface area contributed by atoms with Crippen LogP contribution in [0.15, 0.2) is 72.9 Å². The van der Waals surface area contributed by atoms with Gasteiger partial charge in [0.25, 0.3) is 0 Å². The standard InChI is InChI=1S/C47H60N12O7.C2HF3O2/c1-30-26-50-20-21-57(30)22-23-65-41-24-33(15-19-51-41)59-34-13-14-35(59)28-58(27-34)39-25-38(55-56-42(39)48)36-6-2-3-8-40(36)66-29-31-9-11-32(12-10-31)53-43(60)37(7-4-18-52-46(49)64)54-44(61)47(45(62)63)16-5-17-47;3-2(4,5)1(6)7/h2-3,6,8-12,15,19,24-25,30,34-35,37,50H,4-5,7,13-14,16-18,20-23,26-29H2,1H3,(H2,48,56)(H,53,60)(H,54,61)(H,62,63)(H3,49,52,64);(H,6,7)/t30-,34?,35?,37?;/m1./s1. The number of hydrogen-bond donors (Lipinski definition) is 8. The molecule has 5 heterocycles. The molecule has 4 amide bonds. The van der Waals surface area contributed by atoms with E-state index in [1.165, 1.54) is 0 Å². The molecule has 0 radical (unpaired) electrons. The fourth-order valence-corrected chi connectivity index (χ4v) is 9.45. The van der Waals surface area contributed by atoms with Crippen molar-refractivity contribution in [2.75, 3.05) is 73.3 Å². The van der Waals surface area contributed by atoms with E-state index in [2.05, 4.69) is 70.2 Å². The normalized spacial score (nSPS) is 19.5. The van der Waals surface area contributed by atoms with Crippen LogP contribution in [0.5, 0.6) is 11.6 Å². The molecule has 2 bridgehead atoms. The number of aromatic nitrogens is 3. The van der Waals surface area contributed by atoms with Gasteiger partial charge in [0.2, 0.25) is 17.7 Å². The number of piperazine rings is 2. The van der Waals surface area contributed by atoms with Crippen molar-refractivity contribution in [1.82, 2.24) is 36.0 Å². The number of alkyl halides is 3. The molecule has 8 rings (SSSR count). The second kappa shape index (κ2) is 23.8. The molecule has 1 aliphatic carbocycles. The number of fused-ring (bicyclic) bond motifs is 2. The number of benzene rings is 2. The number of nitrogens with two attached hydrogens (primary N) is 2. The highest BCUT2D eigenvalue weighted by atomic mass is 19.4. The molecular weight excluding hydrogens is 958 g/mol. The van der Waals surface area contributed by atoms with Gasteiger partial charge in [0.1, 0.15) is 30.4 Å². The Bertz CT molecular complexity index is 2580. The van der Waals surface area contributed by atoms with Gasteiger partial charge in [0.05, 0.1) is 11.4 Å². The van der Waals surface area contributed by atoms with Crippen molar-refractivity contribution in [1.29, 1.82) is 0 Å². The topological polar surface area (TPSA) is 293 Å². The quantitative estimate of drug-likeness (QED) is 0.0487. The van der Waals surface area contributed by atoms with Gasteiger partial charge in [-0.2, -0.15) is 13.2 Å². The number of hydrogen-bond acceptors (Lipinski definition) is 15. The number of pyridine rings is 1. The first kappa shape index (κ1) is 53.3. The molecule has 0 spiro atoms. The van der Waals surface area contributed by atoms with E-state index in [-0.39, 0.29) is 44.5 Å². The van der Waals surface area contributed by atoms with Gasteiger partial charge in [-0.3, -0.25) is 19.3 Å². The van der Waals surface area contributed by atoms with Crippen LogP contribution in [0.25, 0.3) is 11.3 Å². The number of aliphatic carboxylic acids is 2. The van der Waals surface area contributed by atoms with Gasteiger partial charge in [0.15, 0.2) is 5.82 Å². The van der Waals surface area contributed by atoms with Crippen molar-refractivity contribution in [2.45, 2.75) is 88.8 Å². The van der Waals surface area contributed by atoms with Gasteiger partial charge >= 0.3 is 24.1 Å². The van der Waals surface area contributed by atoms with E-state index in [4.69, 9.17) is 30.8 Å². The minimum atomic E-state index is -5.08. The molecular formula is C49H61F3N12O9. The predicted octanol–water partition coefficient (Wildman–Crippen LogP) is 3.99. The Morgan fingerprint density at radius 2 is 1.68 bits per heavy atom. The highest BCUT2D eigenvalue weighted by molar-refractivity contribution is 6.05. The molecule has 4 aliphatic rings. The second-order valence-electron chi connectivity index (χ2n) is 18.5. The average molecular weight is 1020 g/mol. The summed E-state index contributed by atoms with van der Waals surface area (Å²) >= 11 is 0. The minimum absolute atomic E-state index is 0.150. The van der Waals surface area contributed by atoms with E-state index in [0.717, 1.165) is 74.6 Å². The van der Waals surface area contributed by atoms with Crippen LogP contribution in [0.2, 0.25) is 0 Å². The zero-order valence-corrected chi connectivity index (χ0v) is 40.3. The van der Waals surface area contributed by atoms with Crippen LogP contribution >= 0.6 is 0 Å². The van der Waals surface area contributed by atoms with Crippen LogP contribution < -0.4 is 52.0 Å². The lowest BCUT2D eigenvalue weighted by atomic mass is 9.68. The van der Waals surface area contributed by atoms with Gasteiger partial charge in [-0.15, -0.1) is 10.2 Å². The van der Waals surface area contributed by atoms with Gasteiger partial charge < -0.3 is 62.2 Å². The molecule has 3 saturated heterocycles. The monoisotopic (exact) mass is 1020 g/mol. The van der Waals surface area contributed by atoms with Crippen molar-refractivity contribution in [3.8, 4) is 22.9 Å². The number of urea groups is 1. The summed E-state index contributed by atoms with van der Waals surface area (Å²) in [4.78, 5) is 70.4. The first-order chi connectivity index (χ1) is 34.9. The van der Waals surface area contributed by atoms with Crippen LogP contribution in [-0.4, -0.2) is 143 Å². The smallest absolute Gasteiger partial charge is 0.488 e. The number of amides is 4. The molecule has 4 atom stereocenters. The highest BCUT2D eigenvalue weighted by Gasteiger charge is 2.52. The number of para-hydroxylation sites is 1. The third-order valence-electron chi connectivity index (χ3n) is 13.6. The molecule has 4 aromatic rings. The number of carboxylic acids is 2. The number of carbonyl (C=O) groups excluding carboxylic acids is 3. The van der Waals surface area contributed by atoms with Crippen molar-refractivity contribution in [3.63, 3.8) is 0 Å². The second-order valence-corrected chi connectivity index (χ2v) is 18.5. The van der Waals surface area contributed by atoms with E-state index >= 15 is 0 Å². The average Bonchev–Trinajstić information content (AvgIpc) is 3.61. The van der Waals surface area contributed by atoms with Gasteiger partial charge in [-0.25, -0.2) is 14.6 Å². The number of halogens is 3. The predicted molar refractivity (Wildman–Crippen MR) is 263 cm³/mol. The Hall–Kier alpha value is -7.47. The van der Waals surface area contributed by atoms with Crippen LogP contribution in [0.1, 0.15) is 57.4 Å². The lowest BCUT2D eigenvalue weighted by Gasteiger charge is -2.43. The SMILES string of the molecule is C[C@@H]1CNCCN1CCOc1cc(N2C3CCC2CN(c2cc(-c4ccccc4OCc4ccc(NC(=O)C(CCCNC(N)=O)NC(=O)C5(C(=O)O)CCC5)cc4)nnc2N)C3)ccn1.O=C(O)C(F)(F)F. The number of ether oxygens (including phenoxy) is 2. The molecule has 2 aromatic heterocycles. The van der Waals surface area contributed by atoms with E-state index < -0.39 is 47.4 Å². The number of nitrogens with zero attached hydrogens (tertiary/aromatic N) is 6. The van der Waals surface area contributed by atoms with Gasteiger partial charge in [-0.05, 0) is 87.4 Å². The lowest BCUT2D eigenvalue weighted by molar-refractivity contribution is -0.192. The van der Waals surface area contributed by atoms with E-state index in [1.54, 1.807) is 12.1 Å². The Balaban J connectivity index is 0.00000104. The van der Waals surface area contributed by atoms with Crippen LogP contribution in [-0.2, 0) is 25.8 Å². The van der Waals surface area contributed by atoms with Crippen molar-refractivity contribution < 1.29 is 56.8 Å². The number of rotatable bonds is 19. The highest BCUT2D eigenvalue weighted by Crippen LogP contribution is 2.42. The molecule has 24 heteroatoms. The van der Waals surface area contributed by atoms with Crippen LogP contribution in [0.3, 0.4) is 0 Å². The van der Waals surface area contributed by atoms with Gasteiger partial charge in [-0.1, -0.05) is 30.7 Å². The summed E-state index contributed by atoms with van der Waals surface area (Å²) < 4.78 is 44.2. The molecule has 10 N–H and O–H groups in total. The summed E-state index contributed by atoms with van der Waals surface area (Å²) in [6.07, 6.45) is 0.361. The third-order valence-corrected chi connectivity index (χ3v) is 13.6. The maximum Gasteiger partial charge on any atom is 0.490 e. The first-order valence-electron chi connectivity index (χ1n) is 24.1. The molecule has 3 aliphatic heterocycles. The summed E-state index contributed by atoms with van der Waals surface area (Å²) in [5.74, 6) is -3.56. The molecule has 73 heavy (non-hydrogen) atoms. The molecule has 4 fully saturated rings. The van der Waals surface area contributed by atoms with E-state index in [9.17, 15) is 37.5 Å². The molecule has 2 aromatic carbocycles. The lowest BCUT2D eigenvalue weighted by Crippen LogP contribution is -2.55. The summed E-state index contributed by atoms with van der Waals surface area (Å²) in [5.41, 5.74) is 14.8. The molecule has 3 unspecified atom stereocenters. The summed E-state index contributed by atoms with van der Waals surface area (Å²) in [6, 6.07) is 20.1. The Morgan fingerprint density at radius 3 is 2.33 bits per heavy atom. The number of carbonyl (C=O) groups is 5. The Kier molecular flexibility index (Phi) is 17.4. The first-order valence-corrected chi connectivity index (χ1v) is 24.1.